The van der Waals surface area contributed by atoms with Crippen LogP contribution in [0.25, 0.3) is 0 Å². The van der Waals surface area contributed by atoms with Gasteiger partial charge < -0.3 is 14.8 Å². The van der Waals surface area contributed by atoms with E-state index in [0.717, 1.165) is 19.3 Å². The van der Waals surface area contributed by atoms with Crippen LogP contribution < -0.4 is 10.1 Å². The molecule has 0 bridgehead atoms. The molecule has 2 heterocycles. The lowest BCUT2D eigenvalue weighted by Gasteiger charge is -2.41. The molecule has 1 amide bonds. The molecule has 1 aromatic carbocycles. The molecule has 0 atom stereocenters. The minimum Gasteiger partial charge on any atom is -0.489 e. The lowest BCUT2D eigenvalue weighted by atomic mass is 10.0. The van der Waals surface area contributed by atoms with E-state index in [4.69, 9.17) is 9.47 Å². The van der Waals surface area contributed by atoms with E-state index in [9.17, 15) is 13.2 Å². The van der Waals surface area contributed by atoms with Crippen LogP contribution in [0.1, 0.15) is 47.0 Å². The number of sulfonamides is 1. The first-order chi connectivity index (χ1) is 14.6. The number of anilines is 1. The number of benzene rings is 1. The predicted octanol–water partition coefficient (Wildman–Crippen LogP) is 2.70. The van der Waals surface area contributed by atoms with E-state index >= 15 is 0 Å². The van der Waals surface area contributed by atoms with Crippen molar-refractivity contribution in [1.29, 1.82) is 0 Å². The van der Waals surface area contributed by atoms with Gasteiger partial charge in [0.25, 0.3) is 0 Å². The van der Waals surface area contributed by atoms with Gasteiger partial charge in [-0.3, -0.25) is 9.69 Å². The third kappa shape index (κ3) is 5.97. The summed E-state index contributed by atoms with van der Waals surface area (Å²) in [7, 11) is -3.61. The van der Waals surface area contributed by atoms with Crippen LogP contribution in [0.3, 0.4) is 0 Å². The molecule has 0 saturated carbocycles. The Balaban J connectivity index is 1.82. The van der Waals surface area contributed by atoms with Crippen molar-refractivity contribution in [2.24, 2.45) is 0 Å². The van der Waals surface area contributed by atoms with Crippen LogP contribution in [-0.2, 0) is 19.6 Å². The molecule has 2 aliphatic heterocycles. The van der Waals surface area contributed by atoms with Gasteiger partial charge in [0.15, 0.2) is 0 Å². The van der Waals surface area contributed by atoms with Crippen molar-refractivity contribution in [3.63, 3.8) is 0 Å². The molecule has 2 saturated heterocycles. The largest absolute Gasteiger partial charge is 0.489 e. The highest BCUT2D eigenvalue weighted by atomic mass is 32.2. The molecule has 8 nitrogen and oxygen atoms in total. The highest BCUT2D eigenvalue weighted by molar-refractivity contribution is 7.89. The van der Waals surface area contributed by atoms with Crippen LogP contribution in [0, 0.1) is 0 Å². The summed E-state index contributed by atoms with van der Waals surface area (Å²) in [5.41, 5.74) is 0.134. The average molecular weight is 454 g/mol. The molecule has 0 aromatic heterocycles. The minimum absolute atomic E-state index is 0.113. The number of rotatable bonds is 7. The Morgan fingerprint density at radius 1 is 1.19 bits per heavy atom. The van der Waals surface area contributed by atoms with Gasteiger partial charge in [0.2, 0.25) is 15.9 Å². The van der Waals surface area contributed by atoms with Gasteiger partial charge in [-0.05, 0) is 58.7 Å². The number of hydrogen-bond donors (Lipinski definition) is 1. The molecule has 1 aromatic rings. The Kier molecular flexibility index (Phi) is 7.62. The van der Waals surface area contributed by atoms with Gasteiger partial charge in [-0.25, -0.2) is 8.42 Å². The van der Waals surface area contributed by atoms with Crippen LogP contribution in [0.2, 0.25) is 0 Å². The number of amides is 1. The van der Waals surface area contributed by atoms with Gasteiger partial charge in [0.1, 0.15) is 5.75 Å². The number of nitrogens with one attached hydrogen (secondary N) is 1. The van der Waals surface area contributed by atoms with Gasteiger partial charge in [0, 0.05) is 25.2 Å². The third-order valence-electron chi connectivity index (χ3n) is 5.69. The zero-order valence-electron chi connectivity index (χ0n) is 19.0. The van der Waals surface area contributed by atoms with Crippen molar-refractivity contribution in [3.05, 3.63) is 18.2 Å². The third-order valence-corrected chi connectivity index (χ3v) is 7.59. The quantitative estimate of drug-likeness (QED) is 0.683. The van der Waals surface area contributed by atoms with E-state index < -0.39 is 10.0 Å². The van der Waals surface area contributed by atoms with Crippen molar-refractivity contribution >= 4 is 21.6 Å². The van der Waals surface area contributed by atoms with Gasteiger partial charge >= 0.3 is 0 Å². The molecule has 0 radical (unpaired) electrons. The lowest BCUT2D eigenvalue weighted by molar-refractivity contribution is -0.122. The molecule has 1 N–H and O–H groups in total. The first kappa shape index (κ1) is 24.0. The van der Waals surface area contributed by atoms with Crippen molar-refractivity contribution < 1.29 is 22.7 Å². The number of nitrogens with zero attached hydrogens (tertiary/aromatic N) is 2. The zero-order chi connectivity index (χ0) is 22.6. The fourth-order valence-electron chi connectivity index (χ4n) is 3.93. The van der Waals surface area contributed by atoms with Gasteiger partial charge in [0.05, 0.1) is 36.4 Å². The second-order valence-corrected chi connectivity index (χ2v) is 11.1. The van der Waals surface area contributed by atoms with E-state index in [-0.39, 0.29) is 29.0 Å². The van der Waals surface area contributed by atoms with E-state index in [1.165, 1.54) is 10.4 Å². The average Bonchev–Trinajstić information content (AvgIpc) is 2.71. The minimum atomic E-state index is -3.61. The summed E-state index contributed by atoms with van der Waals surface area (Å²) in [6.07, 6.45) is 2.67. The monoisotopic (exact) mass is 453 g/mol. The van der Waals surface area contributed by atoms with Crippen molar-refractivity contribution in [2.75, 3.05) is 44.7 Å². The second kappa shape index (κ2) is 9.85. The molecular formula is C22H35N3O5S. The molecule has 31 heavy (non-hydrogen) atoms. The highest BCUT2D eigenvalue weighted by Crippen LogP contribution is 2.31. The van der Waals surface area contributed by atoms with Crippen LogP contribution in [0.4, 0.5) is 5.69 Å². The SMILES string of the molecule is CC(C)Oc1ccc(S(=O)(=O)N2CCCCC2)cc1NC(=O)CN1CCOCC1(C)C. The molecule has 174 valence electrons. The molecular weight excluding hydrogens is 418 g/mol. The maximum atomic E-state index is 13.1. The van der Waals surface area contributed by atoms with E-state index in [0.29, 0.717) is 44.3 Å². The zero-order valence-corrected chi connectivity index (χ0v) is 19.8. The van der Waals surface area contributed by atoms with E-state index in [2.05, 4.69) is 10.2 Å². The molecule has 2 fully saturated rings. The topological polar surface area (TPSA) is 88.2 Å². The summed E-state index contributed by atoms with van der Waals surface area (Å²) in [5.74, 6) is 0.248. The Labute approximate surface area is 185 Å². The Morgan fingerprint density at radius 2 is 1.90 bits per heavy atom. The first-order valence-electron chi connectivity index (χ1n) is 11.0. The number of carbonyl (C=O) groups is 1. The predicted molar refractivity (Wildman–Crippen MR) is 120 cm³/mol. The normalized spacial score (nSPS) is 20.5. The summed E-state index contributed by atoms with van der Waals surface area (Å²) in [4.78, 5) is 15.1. The van der Waals surface area contributed by atoms with Crippen molar-refractivity contribution in [1.82, 2.24) is 9.21 Å². The summed E-state index contributed by atoms with van der Waals surface area (Å²) >= 11 is 0. The van der Waals surface area contributed by atoms with E-state index in [1.54, 1.807) is 12.1 Å². The molecule has 3 rings (SSSR count). The molecule has 2 aliphatic rings. The number of piperidine rings is 1. The molecule has 0 unspecified atom stereocenters. The summed E-state index contributed by atoms with van der Waals surface area (Å²) < 4.78 is 39.1. The smallest absolute Gasteiger partial charge is 0.243 e. The molecule has 0 spiro atoms. The van der Waals surface area contributed by atoms with Crippen LogP contribution in [0.5, 0.6) is 5.75 Å². The maximum absolute atomic E-state index is 13.1. The van der Waals surface area contributed by atoms with Crippen LogP contribution in [-0.4, -0.2) is 74.6 Å². The Morgan fingerprint density at radius 3 is 2.55 bits per heavy atom. The fourth-order valence-corrected chi connectivity index (χ4v) is 5.47. The Hall–Kier alpha value is -1.68. The highest BCUT2D eigenvalue weighted by Gasteiger charge is 2.32. The van der Waals surface area contributed by atoms with Gasteiger partial charge in [-0.2, -0.15) is 4.31 Å². The van der Waals surface area contributed by atoms with Crippen LogP contribution in [0.15, 0.2) is 23.1 Å². The van der Waals surface area contributed by atoms with Crippen molar-refractivity contribution in [2.45, 2.75) is 63.5 Å². The van der Waals surface area contributed by atoms with E-state index in [1.807, 2.05) is 27.7 Å². The maximum Gasteiger partial charge on any atom is 0.243 e. The molecule has 9 heteroatoms. The Bertz CT molecular complexity index is 879. The van der Waals surface area contributed by atoms with Gasteiger partial charge in [-0.1, -0.05) is 6.42 Å². The molecule has 0 aliphatic carbocycles. The standard InChI is InChI=1S/C22H35N3O5S/c1-17(2)30-20-9-8-18(31(27,28)25-10-6-5-7-11-25)14-19(20)23-21(26)15-24-12-13-29-16-22(24,3)4/h8-9,14,17H,5-7,10-13,15-16H2,1-4H3,(H,23,26). The second-order valence-electron chi connectivity index (χ2n) is 9.12. The summed E-state index contributed by atoms with van der Waals surface area (Å²) in [5, 5.41) is 2.89. The summed E-state index contributed by atoms with van der Waals surface area (Å²) in [6.45, 7) is 10.9. The van der Waals surface area contributed by atoms with Gasteiger partial charge in [-0.15, -0.1) is 0 Å². The number of hydrogen-bond acceptors (Lipinski definition) is 6. The van der Waals surface area contributed by atoms with Crippen LogP contribution >= 0.6 is 0 Å². The van der Waals surface area contributed by atoms with Crippen molar-refractivity contribution in [3.8, 4) is 5.75 Å². The number of ether oxygens (including phenoxy) is 2. The summed E-state index contributed by atoms with van der Waals surface area (Å²) in [6, 6.07) is 4.71. The fraction of sp³-hybridized carbons (Fsp3) is 0.682. The number of morpholine rings is 1. The first-order valence-corrected chi connectivity index (χ1v) is 12.5. The lowest BCUT2D eigenvalue weighted by Crippen LogP contribution is -2.55. The number of carbonyl (C=O) groups excluding carboxylic acids is 1.